The van der Waals surface area contributed by atoms with E-state index in [4.69, 9.17) is 32.7 Å². The number of ether oxygens (including phenoxy) is 2. The molecule has 0 heterocycles. The quantitative estimate of drug-likeness (QED) is 0.425. The number of rotatable bonds is 12. The minimum atomic E-state index is -3.95. The Kier molecular flexibility index (Phi) is 10.7. The highest BCUT2D eigenvalue weighted by Crippen LogP contribution is 2.34. The summed E-state index contributed by atoms with van der Waals surface area (Å²) in [5, 5.41) is 3.48. The first-order chi connectivity index (χ1) is 17.0. The maximum atomic E-state index is 13.7. The Bertz CT molecular complexity index is 1190. The van der Waals surface area contributed by atoms with E-state index in [2.05, 4.69) is 5.32 Å². The van der Waals surface area contributed by atoms with Crippen LogP contribution in [0.5, 0.6) is 11.5 Å². The molecule has 0 saturated carbocycles. The van der Waals surface area contributed by atoms with E-state index in [0.717, 1.165) is 10.6 Å². The summed E-state index contributed by atoms with van der Waals surface area (Å²) >= 11 is 12.4. The maximum absolute atomic E-state index is 13.7. The number of hydrogen-bond acceptors (Lipinski definition) is 6. The first-order valence-electron chi connectivity index (χ1n) is 11.2. The normalized spacial score (nSPS) is 12.0. The molecule has 0 bridgehead atoms. The van der Waals surface area contributed by atoms with Gasteiger partial charge < -0.3 is 19.7 Å². The lowest BCUT2D eigenvalue weighted by molar-refractivity contribution is -0.140. The molecule has 2 aromatic rings. The highest BCUT2D eigenvalue weighted by molar-refractivity contribution is 7.92. The zero-order valence-electron chi connectivity index (χ0n) is 20.9. The minimum absolute atomic E-state index is 0.0304. The second-order valence-electron chi connectivity index (χ2n) is 7.88. The lowest BCUT2D eigenvalue weighted by Crippen LogP contribution is -2.52. The minimum Gasteiger partial charge on any atom is -0.497 e. The van der Waals surface area contributed by atoms with Crippen LogP contribution < -0.4 is 19.1 Å². The fraction of sp³-hybridized carbons (Fsp3) is 0.417. The molecule has 2 aromatic carbocycles. The SMILES string of the molecule is CCNC(=O)[C@@H](CC)N(Cc1ccc(Cl)cc1Cl)C(=O)CN(c1cc(OC)ccc1OC)S(C)(=O)=O. The number of carbonyl (C=O) groups excluding carboxylic acids is 2. The van der Waals surface area contributed by atoms with Crippen LogP contribution in [0.3, 0.4) is 0 Å². The van der Waals surface area contributed by atoms with E-state index in [1.807, 2.05) is 0 Å². The number of hydrogen-bond donors (Lipinski definition) is 1. The zero-order valence-corrected chi connectivity index (χ0v) is 23.2. The van der Waals surface area contributed by atoms with E-state index < -0.39 is 28.5 Å². The van der Waals surface area contributed by atoms with Crippen LogP contribution in [0.4, 0.5) is 5.69 Å². The number of benzene rings is 2. The Morgan fingerprint density at radius 1 is 1.06 bits per heavy atom. The monoisotopic (exact) mass is 559 g/mol. The van der Waals surface area contributed by atoms with Crippen molar-refractivity contribution in [2.75, 3.05) is 37.9 Å². The van der Waals surface area contributed by atoms with Gasteiger partial charge in [-0.2, -0.15) is 0 Å². The third-order valence-corrected chi connectivity index (χ3v) is 7.14. The van der Waals surface area contributed by atoms with Crippen molar-refractivity contribution in [3.05, 3.63) is 52.0 Å². The average Bonchev–Trinajstić information content (AvgIpc) is 2.82. The molecule has 36 heavy (non-hydrogen) atoms. The molecule has 2 rings (SSSR count). The Hall–Kier alpha value is -2.69. The van der Waals surface area contributed by atoms with Gasteiger partial charge in [0.05, 0.1) is 26.2 Å². The number of amides is 2. The highest BCUT2D eigenvalue weighted by atomic mass is 35.5. The lowest BCUT2D eigenvalue weighted by atomic mass is 10.1. The summed E-state index contributed by atoms with van der Waals surface area (Å²) in [5.41, 5.74) is 0.685. The van der Waals surface area contributed by atoms with Gasteiger partial charge in [0, 0.05) is 29.2 Å². The van der Waals surface area contributed by atoms with Crippen molar-refractivity contribution in [1.82, 2.24) is 10.2 Å². The molecule has 0 aliphatic rings. The molecule has 12 heteroatoms. The van der Waals surface area contributed by atoms with Crippen molar-refractivity contribution in [2.45, 2.75) is 32.9 Å². The van der Waals surface area contributed by atoms with Gasteiger partial charge in [-0.1, -0.05) is 36.2 Å². The summed E-state index contributed by atoms with van der Waals surface area (Å²) in [4.78, 5) is 27.9. The van der Waals surface area contributed by atoms with Gasteiger partial charge in [-0.05, 0) is 43.2 Å². The molecule has 1 N–H and O–H groups in total. The summed E-state index contributed by atoms with van der Waals surface area (Å²) in [6.07, 6.45) is 1.28. The number of anilines is 1. The Labute approximate surface area is 222 Å². The van der Waals surface area contributed by atoms with Crippen LogP contribution in [0.15, 0.2) is 36.4 Å². The van der Waals surface area contributed by atoms with Gasteiger partial charge in [0.2, 0.25) is 21.8 Å². The van der Waals surface area contributed by atoms with Crippen LogP contribution >= 0.6 is 23.2 Å². The van der Waals surface area contributed by atoms with Crippen molar-refractivity contribution >= 4 is 50.7 Å². The standard InChI is InChI=1S/C24H31Cl2N3O6S/c1-6-20(24(31)27-7-2)28(14-16-8-9-17(25)12-19(16)26)23(30)15-29(36(5,32)33)21-13-18(34-3)10-11-22(21)35-4/h8-13,20H,6-7,14-15H2,1-5H3,(H,27,31)/t20-/m1/s1. The Morgan fingerprint density at radius 3 is 2.28 bits per heavy atom. The number of halogens is 2. The van der Waals surface area contributed by atoms with E-state index >= 15 is 0 Å². The number of nitrogens with zero attached hydrogens (tertiary/aromatic N) is 2. The highest BCUT2D eigenvalue weighted by Gasteiger charge is 2.33. The molecule has 1 atom stereocenters. The Morgan fingerprint density at radius 2 is 1.75 bits per heavy atom. The van der Waals surface area contributed by atoms with E-state index in [-0.39, 0.29) is 23.9 Å². The summed E-state index contributed by atoms with van der Waals surface area (Å²) in [5.74, 6) is -0.347. The molecule has 0 unspecified atom stereocenters. The molecule has 0 saturated heterocycles. The zero-order chi connectivity index (χ0) is 27.0. The van der Waals surface area contributed by atoms with Crippen LogP contribution in [-0.2, 0) is 26.2 Å². The summed E-state index contributed by atoms with van der Waals surface area (Å²) < 4.78 is 37.2. The first kappa shape index (κ1) is 29.5. The number of carbonyl (C=O) groups is 2. The van der Waals surface area contributed by atoms with Crippen molar-refractivity contribution in [1.29, 1.82) is 0 Å². The van der Waals surface area contributed by atoms with Gasteiger partial charge >= 0.3 is 0 Å². The topological polar surface area (TPSA) is 105 Å². The predicted molar refractivity (Wildman–Crippen MR) is 142 cm³/mol. The molecule has 0 aliphatic carbocycles. The predicted octanol–water partition coefficient (Wildman–Crippen LogP) is 3.72. The lowest BCUT2D eigenvalue weighted by Gasteiger charge is -2.33. The third-order valence-electron chi connectivity index (χ3n) is 5.43. The molecule has 0 spiro atoms. The average molecular weight is 561 g/mol. The number of sulfonamides is 1. The fourth-order valence-electron chi connectivity index (χ4n) is 3.63. The molecular formula is C24H31Cl2N3O6S. The molecule has 2 amide bonds. The van der Waals surface area contributed by atoms with Crippen LogP contribution in [0.25, 0.3) is 0 Å². The second kappa shape index (κ2) is 13.0. The molecule has 9 nitrogen and oxygen atoms in total. The van der Waals surface area contributed by atoms with E-state index in [0.29, 0.717) is 34.3 Å². The second-order valence-corrected chi connectivity index (χ2v) is 10.6. The molecule has 0 aliphatic heterocycles. The number of likely N-dealkylation sites (N-methyl/N-ethyl adjacent to an activating group) is 1. The summed E-state index contributed by atoms with van der Waals surface area (Å²) in [6, 6.07) is 8.59. The van der Waals surface area contributed by atoms with Crippen molar-refractivity contribution in [2.24, 2.45) is 0 Å². The largest absolute Gasteiger partial charge is 0.497 e. The maximum Gasteiger partial charge on any atom is 0.244 e. The smallest absolute Gasteiger partial charge is 0.244 e. The van der Waals surface area contributed by atoms with E-state index in [1.165, 1.54) is 31.3 Å². The molecule has 0 radical (unpaired) electrons. The van der Waals surface area contributed by atoms with Crippen LogP contribution in [0.1, 0.15) is 25.8 Å². The van der Waals surface area contributed by atoms with Gasteiger partial charge in [-0.25, -0.2) is 8.42 Å². The van der Waals surface area contributed by atoms with Crippen molar-refractivity contribution in [3.8, 4) is 11.5 Å². The summed E-state index contributed by atoms with van der Waals surface area (Å²) in [7, 11) is -1.11. The third kappa shape index (κ3) is 7.41. The van der Waals surface area contributed by atoms with E-state index in [9.17, 15) is 18.0 Å². The first-order valence-corrected chi connectivity index (χ1v) is 13.8. The van der Waals surface area contributed by atoms with Gasteiger partial charge in [0.1, 0.15) is 24.1 Å². The van der Waals surface area contributed by atoms with Crippen molar-refractivity contribution in [3.63, 3.8) is 0 Å². The van der Waals surface area contributed by atoms with Gasteiger partial charge in [-0.15, -0.1) is 0 Å². The number of nitrogens with one attached hydrogen (secondary N) is 1. The van der Waals surface area contributed by atoms with Crippen molar-refractivity contribution < 1.29 is 27.5 Å². The van der Waals surface area contributed by atoms with Crippen LogP contribution in [-0.4, -0.2) is 64.7 Å². The van der Waals surface area contributed by atoms with Gasteiger partial charge in [-0.3, -0.25) is 13.9 Å². The molecule has 0 fully saturated rings. The van der Waals surface area contributed by atoms with Crippen LogP contribution in [0.2, 0.25) is 10.0 Å². The van der Waals surface area contributed by atoms with E-state index in [1.54, 1.807) is 38.1 Å². The van der Waals surface area contributed by atoms with Crippen LogP contribution in [0, 0.1) is 0 Å². The molecule has 198 valence electrons. The number of methoxy groups -OCH3 is 2. The molecular weight excluding hydrogens is 529 g/mol. The van der Waals surface area contributed by atoms with Gasteiger partial charge in [0.25, 0.3) is 0 Å². The fourth-order valence-corrected chi connectivity index (χ4v) is 4.94. The molecule has 0 aromatic heterocycles. The summed E-state index contributed by atoms with van der Waals surface area (Å²) in [6.45, 7) is 3.30. The van der Waals surface area contributed by atoms with Gasteiger partial charge in [0.15, 0.2) is 0 Å². The Balaban J connectivity index is 2.55.